The lowest BCUT2D eigenvalue weighted by Gasteiger charge is -2.13. The maximum absolute atomic E-state index is 13.4. The van der Waals surface area contributed by atoms with Gasteiger partial charge in [-0.25, -0.2) is 14.2 Å². The molecule has 0 aliphatic carbocycles. The van der Waals surface area contributed by atoms with Crippen molar-refractivity contribution in [3.63, 3.8) is 0 Å². The molecule has 0 saturated carbocycles. The molecule has 8 heteroatoms. The lowest BCUT2D eigenvalue weighted by atomic mass is 10.1. The Morgan fingerprint density at radius 2 is 1.94 bits per heavy atom. The number of nitrogens with zero attached hydrogens (tertiary/aromatic N) is 1. The van der Waals surface area contributed by atoms with Crippen molar-refractivity contribution in [3.05, 3.63) is 97.5 Å². The zero-order chi connectivity index (χ0) is 22.7. The minimum Gasteiger partial charge on any atom is -0.493 e. The van der Waals surface area contributed by atoms with Crippen LogP contribution in [0.25, 0.3) is 6.08 Å². The van der Waals surface area contributed by atoms with Gasteiger partial charge in [-0.2, -0.15) is 0 Å². The van der Waals surface area contributed by atoms with E-state index in [0.29, 0.717) is 28.2 Å². The van der Waals surface area contributed by atoms with Crippen molar-refractivity contribution in [2.75, 3.05) is 7.11 Å². The van der Waals surface area contributed by atoms with Crippen molar-refractivity contribution in [3.8, 4) is 11.5 Å². The molecule has 0 bridgehead atoms. The topological polar surface area (TPSA) is 57.1 Å². The van der Waals surface area contributed by atoms with E-state index >= 15 is 0 Å². The van der Waals surface area contributed by atoms with E-state index in [-0.39, 0.29) is 29.0 Å². The molecule has 1 aliphatic heterocycles. The average Bonchev–Trinajstić information content (AvgIpc) is 3.13. The van der Waals surface area contributed by atoms with Crippen LogP contribution in [0.4, 0.5) is 4.39 Å². The summed E-state index contributed by atoms with van der Waals surface area (Å²) >= 11 is 8.61. The van der Waals surface area contributed by atoms with E-state index in [9.17, 15) is 9.18 Å². The molecule has 1 aliphatic rings. The van der Waals surface area contributed by atoms with Gasteiger partial charge in [0.2, 0.25) is 5.90 Å². The third-order valence-corrected chi connectivity index (χ3v) is 5.54. The van der Waals surface area contributed by atoms with E-state index in [2.05, 4.69) is 27.6 Å². The number of hydrogen-bond acceptors (Lipinski definition) is 5. The largest absolute Gasteiger partial charge is 0.493 e. The number of esters is 1. The molecule has 3 aromatic rings. The predicted molar refractivity (Wildman–Crippen MR) is 129 cm³/mol. The monoisotopic (exact) mass is 563 g/mol. The van der Waals surface area contributed by atoms with Gasteiger partial charge in [-0.15, -0.1) is 0 Å². The van der Waals surface area contributed by atoms with Gasteiger partial charge in [-0.3, -0.25) is 0 Å². The fourth-order valence-corrected chi connectivity index (χ4v) is 3.66. The summed E-state index contributed by atoms with van der Waals surface area (Å²) in [6, 6.07) is 16.9. The molecular formula is C24H16ClFINO4. The fourth-order valence-electron chi connectivity index (χ4n) is 3.03. The SMILES string of the molecule is COc1cc(/C=C2\N=C(c3ccc(I)cc3)OC2=O)cc(Cl)c1OCc1cccc(F)c1. The molecule has 0 fully saturated rings. The number of ether oxygens (including phenoxy) is 3. The zero-order valence-corrected chi connectivity index (χ0v) is 19.7. The Kier molecular flexibility index (Phi) is 6.76. The normalized spacial score (nSPS) is 14.3. The van der Waals surface area contributed by atoms with E-state index in [1.807, 2.05) is 24.3 Å². The third-order valence-electron chi connectivity index (χ3n) is 4.54. The van der Waals surface area contributed by atoms with Gasteiger partial charge in [0.15, 0.2) is 17.2 Å². The Balaban J connectivity index is 1.59. The van der Waals surface area contributed by atoms with E-state index in [1.165, 1.54) is 19.2 Å². The van der Waals surface area contributed by atoms with Crippen molar-refractivity contribution < 1.29 is 23.4 Å². The molecule has 0 unspecified atom stereocenters. The maximum Gasteiger partial charge on any atom is 0.363 e. The van der Waals surface area contributed by atoms with Crippen LogP contribution in [0.15, 0.2) is 71.4 Å². The van der Waals surface area contributed by atoms with Crippen LogP contribution in [0, 0.1) is 9.39 Å². The number of carbonyl (C=O) groups is 1. The standard InChI is InChI=1S/C24H16ClFINO4/c1-30-21-12-15(10-19(25)22(21)31-13-14-3-2-4-17(26)9-14)11-20-24(29)32-23(28-20)16-5-7-18(27)8-6-16/h2-12H,13H2,1H3/b20-11-. The summed E-state index contributed by atoms with van der Waals surface area (Å²) in [5, 5.41) is 0.279. The first-order chi connectivity index (χ1) is 15.4. The zero-order valence-electron chi connectivity index (χ0n) is 16.8. The molecule has 3 aromatic carbocycles. The number of cyclic esters (lactones) is 1. The minimum atomic E-state index is -0.555. The number of methoxy groups -OCH3 is 1. The molecule has 0 radical (unpaired) electrons. The van der Waals surface area contributed by atoms with Crippen LogP contribution < -0.4 is 9.47 Å². The van der Waals surface area contributed by atoms with Crippen LogP contribution in [-0.2, 0) is 16.1 Å². The van der Waals surface area contributed by atoms with E-state index < -0.39 is 5.97 Å². The summed E-state index contributed by atoms with van der Waals surface area (Å²) in [6.07, 6.45) is 1.56. The quantitative estimate of drug-likeness (QED) is 0.209. The smallest absolute Gasteiger partial charge is 0.363 e. The Bertz CT molecular complexity index is 1240. The molecule has 0 atom stereocenters. The van der Waals surface area contributed by atoms with Crippen molar-refractivity contribution in [2.24, 2.45) is 4.99 Å². The summed E-state index contributed by atoms with van der Waals surface area (Å²) in [7, 11) is 1.48. The van der Waals surface area contributed by atoms with Crippen LogP contribution in [-0.4, -0.2) is 19.0 Å². The van der Waals surface area contributed by atoms with Gasteiger partial charge in [0.25, 0.3) is 0 Å². The Morgan fingerprint density at radius 1 is 1.16 bits per heavy atom. The average molecular weight is 564 g/mol. The van der Waals surface area contributed by atoms with Crippen molar-refractivity contribution in [1.29, 1.82) is 0 Å². The maximum atomic E-state index is 13.4. The Morgan fingerprint density at radius 3 is 2.66 bits per heavy atom. The summed E-state index contributed by atoms with van der Waals surface area (Å²) < 4.78 is 30.9. The van der Waals surface area contributed by atoms with Crippen molar-refractivity contribution in [1.82, 2.24) is 0 Å². The number of hydrogen-bond donors (Lipinski definition) is 0. The van der Waals surface area contributed by atoms with Gasteiger partial charge in [-0.1, -0.05) is 23.7 Å². The minimum absolute atomic E-state index is 0.115. The highest BCUT2D eigenvalue weighted by atomic mass is 127. The van der Waals surface area contributed by atoms with Gasteiger partial charge in [-0.05, 0) is 88.3 Å². The third kappa shape index (κ3) is 5.11. The summed E-state index contributed by atoms with van der Waals surface area (Å²) in [6.45, 7) is 0.115. The van der Waals surface area contributed by atoms with Crippen molar-refractivity contribution in [2.45, 2.75) is 6.61 Å². The van der Waals surface area contributed by atoms with E-state index in [0.717, 1.165) is 3.57 Å². The van der Waals surface area contributed by atoms with Gasteiger partial charge in [0, 0.05) is 9.13 Å². The number of halogens is 3. The highest BCUT2D eigenvalue weighted by Gasteiger charge is 2.24. The van der Waals surface area contributed by atoms with E-state index in [4.69, 9.17) is 25.8 Å². The number of benzene rings is 3. The highest BCUT2D eigenvalue weighted by Crippen LogP contribution is 2.38. The molecule has 162 valence electrons. The van der Waals surface area contributed by atoms with Crippen LogP contribution in [0.1, 0.15) is 16.7 Å². The second-order valence-corrected chi connectivity index (χ2v) is 8.45. The summed E-state index contributed by atoms with van der Waals surface area (Å²) in [4.78, 5) is 16.6. The molecule has 0 aromatic heterocycles. The molecule has 0 spiro atoms. The Hall–Kier alpha value is -2.91. The first-order valence-electron chi connectivity index (χ1n) is 9.46. The van der Waals surface area contributed by atoms with Gasteiger partial charge in [0.1, 0.15) is 12.4 Å². The predicted octanol–water partition coefficient (Wildman–Crippen LogP) is 6.02. The molecule has 0 N–H and O–H groups in total. The second kappa shape index (κ2) is 9.70. The van der Waals surface area contributed by atoms with Crippen LogP contribution >= 0.6 is 34.2 Å². The van der Waals surface area contributed by atoms with Crippen LogP contribution in [0.3, 0.4) is 0 Å². The van der Waals surface area contributed by atoms with E-state index in [1.54, 1.807) is 30.3 Å². The van der Waals surface area contributed by atoms with Crippen LogP contribution in [0.2, 0.25) is 5.02 Å². The fraction of sp³-hybridized carbons (Fsp3) is 0.0833. The molecular weight excluding hydrogens is 548 g/mol. The first-order valence-corrected chi connectivity index (χ1v) is 10.9. The number of carbonyl (C=O) groups excluding carboxylic acids is 1. The highest BCUT2D eigenvalue weighted by molar-refractivity contribution is 14.1. The molecule has 5 nitrogen and oxygen atoms in total. The van der Waals surface area contributed by atoms with Gasteiger partial charge in [0.05, 0.1) is 12.1 Å². The van der Waals surface area contributed by atoms with Crippen LogP contribution in [0.5, 0.6) is 11.5 Å². The van der Waals surface area contributed by atoms with Gasteiger partial charge < -0.3 is 14.2 Å². The second-order valence-electron chi connectivity index (χ2n) is 6.80. The lowest BCUT2D eigenvalue weighted by Crippen LogP contribution is -2.05. The molecule has 0 saturated heterocycles. The lowest BCUT2D eigenvalue weighted by molar-refractivity contribution is -0.129. The molecule has 1 heterocycles. The van der Waals surface area contributed by atoms with Gasteiger partial charge >= 0.3 is 5.97 Å². The molecule has 4 rings (SSSR count). The number of aliphatic imine (C=N–C) groups is 1. The molecule has 0 amide bonds. The first kappa shape index (κ1) is 22.3. The van der Waals surface area contributed by atoms with Crippen molar-refractivity contribution >= 4 is 52.1 Å². The number of rotatable bonds is 6. The summed E-state index contributed by atoms with van der Waals surface area (Å²) in [5.74, 6) is 0.0252. The summed E-state index contributed by atoms with van der Waals surface area (Å²) in [5.41, 5.74) is 2.09. The Labute approximate surface area is 202 Å². The molecule has 32 heavy (non-hydrogen) atoms.